The first-order chi connectivity index (χ1) is 11.8. The lowest BCUT2D eigenvalue weighted by Crippen LogP contribution is -2.36. The molecule has 0 N–H and O–H groups in total. The molecule has 0 atom stereocenters. The van der Waals surface area contributed by atoms with Crippen LogP contribution in [0.3, 0.4) is 0 Å². The Balaban J connectivity index is 1.48. The predicted octanol–water partition coefficient (Wildman–Crippen LogP) is 2.86. The topological polar surface area (TPSA) is 59.2 Å². The molecule has 24 heavy (non-hydrogen) atoms. The van der Waals surface area contributed by atoms with E-state index in [-0.39, 0.29) is 11.8 Å². The van der Waals surface area contributed by atoms with E-state index in [4.69, 9.17) is 4.42 Å². The van der Waals surface area contributed by atoms with Crippen LogP contribution in [0.15, 0.2) is 59.0 Å². The summed E-state index contributed by atoms with van der Waals surface area (Å²) in [6.07, 6.45) is 1.39. The predicted molar refractivity (Wildman–Crippen MR) is 88.4 cm³/mol. The van der Waals surface area contributed by atoms with E-state index >= 15 is 0 Å². The smallest absolute Gasteiger partial charge is 0.311 e. The number of rotatable bonds is 3. The molecule has 0 spiro atoms. The molecule has 4 rings (SSSR count). The van der Waals surface area contributed by atoms with Crippen molar-refractivity contribution >= 4 is 5.91 Å². The molecule has 0 bridgehead atoms. The Morgan fingerprint density at radius 1 is 1.00 bits per heavy atom. The number of hydrogen-bond donors (Lipinski definition) is 0. The quantitative estimate of drug-likeness (QED) is 0.745. The van der Waals surface area contributed by atoms with Crippen molar-refractivity contribution in [1.29, 1.82) is 0 Å². The lowest BCUT2D eigenvalue weighted by Gasteiger charge is -2.27. The van der Waals surface area contributed by atoms with Crippen molar-refractivity contribution in [1.82, 2.24) is 15.1 Å². The molecule has 3 aromatic rings. The molecule has 1 aliphatic rings. The van der Waals surface area contributed by atoms with Crippen molar-refractivity contribution in [2.45, 2.75) is 19.4 Å². The molecular formula is C19H17N3O2. The van der Waals surface area contributed by atoms with Crippen LogP contribution < -0.4 is 0 Å². The minimum Gasteiger partial charge on any atom is -0.417 e. The normalized spacial score (nSPS) is 13.6. The molecule has 5 nitrogen and oxygen atoms in total. The van der Waals surface area contributed by atoms with Crippen LogP contribution in [0.1, 0.15) is 33.3 Å². The lowest BCUT2D eigenvalue weighted by atomic mass is 10.00. The summed E-state index contributed by atoms with van der Waals surface area (Å²) in [5.74, 6) is 0.332. The lowest BCUT2D eigenvalue weighted by molar-refractivity contribution is 0.0692. The van der Waals surface area contributed by atoms with Gasteiger partial charge < -0.3 is 9.32 Å². The van der Waals surface area contributed by atoms with Crippen LogP contribution in [0.2, 0.25) is 0 Å². The van der Waals surface area contributed by atoms with Crippen LogP contribution in [-0.2, 0) is 19.4 Å². The molecule has 1 amide bonds. The van der Waals surface area contributed by atoms with E-state index in [0.717, 1.165) is 12.0 Å². The van der Waals surface area contributed by atoms with Crippen LogP contribution in [0.5, 0.6) is 0 Å². The fraction of sp³-hybridized carbons (Fsp3) is 0.211. The third kappa shape index (κ3) is 2.93. The number of benzene rings is 2. The summed E-state index contributed by atoms with van der Waals surface area (Å²) in [7, 11) is 0. The fourth-order valence-corrected chi connectivity index (χ4v) is 2.99. The third-order valence-corrected chi connectivity index (χ3v) is 4.27. The Morgan fingerprint density at radius 2 is 1.75 bits per heavy atom. The third-order valence-electron chi connectivity index (χ3n) is 4.27. The van der Waals surface area contributed by atoms with Gasteiger partial charge in [0.05, 0.1) is 6.42 Å². The molecule has 0 aliphatic carbocycles. The Morgan fingerprint density at radius 3 is 2.58 bits per heavy atom. The molecule has 0 fully saturated rings. The summed E-state index contributed by atoms with van der Waals surface area (Å²) in [4.78, 5) is 14.4. The van der Waals surface area contributed by atoms with Gasteiger partial charge in [-0.3, -0.25) is 4.79 Å². The van der Waals surface area contributed by atoms with Crippen molar-refractivity contribution in [2.75, 3.05) is 6.54 Å². The van der Waals surface area contributed by atoms with Gasteiger partial charge in [-0.05, 0) is 23.1 Å². The van der Waals surface area contributed by atoms with Gasteiger partial charge in [-0.25, -0.2) is 0 Å². The molecule has 120 valence electrons. The van der Waals surface area contributed by atoms with E-state index < -0.39 is 0 Å². The van der Waals surface area contributed by atoms with E-state index in [1.807, 2.05) is 42.5 Å². The first kappa shape index (κ1) is 14.6. The summed E-state index contributed by atoms with van der Waals surface area (Å²) < 4.78 is 5.58. The number of aromatic nitrogens is 2. The standard InChI is InChI=1S/C19H17N3O2/c23-19(22-11-10-15-8-4-5-9-16(15)13-22)18-21-20-17(24-18)12-14-6-2-1-3-7-14/h1-9H,10-13H2. The van der Waals surface area contributed by atoms with Crippen molar-refractivity contribution in [2.24, 2.45) is 0 Å². The Bertz CT molecular complexity index is 858. The highest BCUT2D eigenvalue weighted by molar-refractivity contribution is 5.89. The first-order valence-electron chi connectivity index (χ1n) is 8.02. The maximum atomic E-state index is 12.6. The van der Waals surface area contributed by atoms with Gasteiger partial charge in [0.15, 0.2) is 0 Å². The fourth-order valence-electron chi connectivity index (χ4n) is 2.99. The summed E-state index contributed by atoms with van der Waals surface area (Å²) >= 11 is 0. The van der Waals surface area contributed by atoms with Crippen LogP contribution in [0.4, 0.5) is 0 Å². The van der Waals surface area contributed by atoms with Gasteiger partial charge in [0.25, 0.3) is 0 Å². The van der Waals surface area contributed by atoms with Gasteiger partial charge in [-0.15, -0.1) is 10.2 Å². The number of amides is 1. The minimum atomic E-state index is -0.198. The SMILES string of the molecule is O=C(c1nnc(Cc2ccccc2)o1)N1CCc2ccccc2C1. The molecule has 2 aromatic carbocycles. The average Bonchev–Trinajstić information content (AvgIpc) is 3.10. The second-order valence-electron chi connectivity index (χ2n) is 5.91. The summed E-state index contributed by atoms with van der Waals surface area (Å²) in [5.41, 5.74) is 3.56. The van der Waals surface area contributed by atoms with E-state index in [1.165, 1.54) is 11.1 Å². The van der Waals surface area contributed by atoms with Crippen molar-refractivity contribution in [3.8, 4) is 0 Å². The van der Waals surface area contributed by atoms with Crippen LogP contribution in [-0.4, -0.2) is 27.5 Å². The molecule has 2 heterocycles. The highest BCUT2D eigenvalue weighted by atomic mass is 16.4. The molecular weight excluding hydrogens is 302 g/mol. The zero-order valence-electron chi connectivity index (χ0n) is 13.2. The van der Waals surface area contributed by atoms with Crippen molar-refractivity contribution in [3.63, 3.8) is 0 Å². The first-order valence-corrected chi connectivity index (χ1v) is 8.02. The van der Waals surface area contributed by atoms with Gasteiger partial charge in [-0.1, -0.05) is 54.6 Å². The maximum Gasteiger partial charge on any atom is 0.311 e. The molecule has 1 aliphatic heterocycles. The summed E-state index contributed by atoms with van der Waals surface area (Å²) in [6, 6.07) is 18.1. The molecule has 0 radical (unpaired) electrons. The number of hydrogen-bond acceptors (Lipinski definition) is 4. The van der Waals surface area contributed by atoms with E-state index in [2.05, 4.69) is 22.3 Å². The van der Waals surface area contributed by atoms with Gasteiger partial charge in [-0.2, -0.15) is 0 Å². The molecule has 1 aromatic heterocycles. The number of carbonyl (C=O) groups excluding carboxylic acids is 1. The van der Waals surface area contributed by atoms with Gasteiger partial charge >= 0.3 is 11.8 Å². The number of fused-ring (bicyclic) bond motifs is 1. The molecule has 0 unspecified atom stereocenters. The zero-order valence-corrected chi connectivity index (χ0v) is 13.2. The second-order valence-corrected chi connectivity index (χ2v) is 5.91. The van der Waals surface area contributed by atoms with E-state index in [0.29, 0.717) is 25.4 Å². The van der Waals surface area contributed by atoms with Crippen molar-refractivity contribution < 1.29 is 9.21 Å². The van der Waals surface area contributed by atoms with Crippen LogP contribution >= 0.6 is 0 Å². The number of carbonyl (C=O) groups is 1. The van der Waals surface area contributed by atoms with E-state index in [1.54, 1.807) is 4.90 Å². The number of nitrogens with zero attached hydrogens (tertiary/aromatic N) is 3. The summed E-state index contributed by atoms with van der Waals surface area (Å²) in [5, 5.41) is 7.94. The molecule has 0 saturated carbocycles. The average molecular weight is 319 g/mol. The minimum absolute atomic E-state index is 0.0697. The zero-order chi connectivity index (χ0) is 16.4. The highest BCUT2D eigenvalue weighted by Crippen LogP contribution is 2.20. The maximum absolute atomic E-state index is 12.6. The van der Waals surface area contributed by atoms with Crippen LogP contribution in [0, 0.1) is 0 Å². The highest BCUT2D eigenvalue weighted by Gasteiger charge is 2.25. The Hall–Kier alpha value is -2.95. The van der Waals surface area contributed by atoms with Crippen LogP contribution in [0.25, 0.3) is 0 Å². The van der Waals surface area contributed by atoms with Gasteiger partial charge in [0.2, 0.25) is 5.89 Å². The van der Waals surface area contributed by atoms with E-state index in [9.17, 15) is 4.79 Å². The molecule has 5 heteroatoms. The summed E-state index contributed by atoms with van der Waals surface area (Å²) in [6.45, 7) is 1.26. The Kier molecular flexibility index (Phi) is 3.83. The largest absolute Gasteiger partial charge is 0.417 e. The Labute approximate surface area is 139 Å². The van der Waals surface area contributed by atoms with Gasteiger partial charge in [0, 0.05) is 13.1 Å². The van der Waals surface area contributed by atoms with Crippen molar-refractivity contribution in [3.05, 3.63) is 83.1 Å². The van der Waals surface area contributed by atoms with Gasteiger partial charge in [0.1, 0.15) is 0 Å². The molecule has 0 saturated heterocycles. The monoisotopic (exact) mass is 319 g/mol. The second kappa shape index (κ2) is 6.28.